The molecule has 0 radical (unpaired) electrons. The van der Waals surface area contributed by atoms with Gasteiger partial charge >= 0.3 is 16.5 Å². The second kappa shape index (κ2) is 10.1. The first-order chi connectivity index (χ1) is 14.8. The highest BCUT2D eigenvalue weighted by Crippen LogP contribution is 2.34. The Morgan fingerprint density at radius 3 is 2.68 bits per heavy atom. The summed E-state index contributed by atoms with van der Waals surface area (Å²) >= 11 is 7.27. The van der Waals surface area contributed by atoms with Crippen molar-refractivity contribution in [3.63, 3.8) is 0 Å². The van der Waals surface area contributed by atoms with Gasteiger partial charge in [0.15, 0.2) is 0 Å². The van der Waals surface area contributed by atoms with Gasteiger partial charge in [0.25, 0.3) is 0 Å². The highest BCUT2D eigenvalue weighted by Gasteiger charge is 2.33. The van der Waals surface area contributed by atoms with Gasteiger partial charge in [-0.3, -0.25) is 4.79 Å². The summed E-state index contributed by atoms with van der Waals surface area (Å²) in [6, 6.07) is 2.37. The number of benzene rings is 1. The lowest BCUT2D eigenvalue weighted by Crippen LogP contribution is -2.42. The summed E-state index contributed by atoms with van der Waals surface area (Å²) in [6.07, 6.45) is 6.52. The van der Waals surface area contributed by atoms with Crippen LogP contribution < -0.4 is 9.79 Å². The lowest BCUT2D eigenvalue weighted by Gasteiger charge is -2.32. The number of halogens is 2. The van der Waals surface area contributed by atoms with Gasteiger partial charge in [-0.05, 0) is 39.1 Å². The molecule has 0 unspecified atom stereocenters. The molecule has 1 N–H and O–H groups in total. The van der Waals surface area contributed by atoms with Crippen LogP contribution in [0.5, 0.6) is 0 Å². The Hall–Kier alpha value is -1.95. The van der Waals surface area contributed by atoms with Crippen molar-refractivity contribution in [3.05, 3.63) is 34.5 Å². The van der Waals surface area contributed by atoms with Crippen molar-refractivity contribution < 1.29 is 22.4 Å². The number of hydrogen-bond donors (Lipinski definition) is 1. The molecule has 1 saturated carbocycles. The monoisotopic (exact) mass is 490 g/mol. The molecule has 1 aromatic heterocycles. The van der Waals surface area contributed by atoms with Gasteiger partial charge in [-0.1, -0.05) is 35.3 Å². The molecule has 1 aliphatic rings. The van der Waals surface area contributed by atoms with Gasteiger partial charge in [-0.15, -0.1) is 11.3 Å². The van der Waals surface area contributed by atoms with Crippen LogP contribution in [0.1, 0.15) is 32.1 Å². The zero-order chi connectivity index (χ0) is 22.6. The van der Waals surface area contributed by atoms with E-state index in [0.717, 1.165) is 55.6 Å². The highest BCUT2D eigenvalue weighted by molar-refractivity contribution is 7.92. The second-order valence-corrected chi connectivity index (χ2v) is 10.4. The molecular formula is C19H24ClFN4O4S2. The summed E-state index contributed by atoms with van der Waals surface area (Å²) in [7, 11) is -0.581. The molecule has 1 aromatic carbocycles. The zero-order valence-electron chi connectivity index (χ0n) is 17.1. The molecule has 3 rings (SSSR count). The van der Waals surface area contributed by atoms with Gasteiger partial charge in [-0.25, -0.2) is 9.37 Å². The Morgan fingerprint density at radius 2 is 2.03 bits per heavy atom. The quantitative estimate of drug-likeness (QED) is 0.341. The van der Waals surface area contributed by atoms with Crippen molar-refractivity contribution in [3.8, 4) is 0 Å². The fourth-order valence-electron chi connectivity index (χ4n) is 3.75. The molecule has 0 aliphatic heterocycles. The number of likely N-dealkylation sites (N-methyl/N-ethyl adjacent to an activating group) is 1. The van der Waals surface area contributed by atoms with Gasteiger partial charge in [0, 0.05) is 23.7 Å². The normalized spacial score (nSPS) is 19.6. The summed E-state index contributed by atoms with van der Waals surface area (Å²) in [5.41, 5.74) is 0.314. The van der Waals surface area contributed by atoms with Crippen molar-refractivity contribution in [2.24, 2.45) is 0 Å². The molecule has 1 fully saturated rings. The number of carbonyl (C=O) groups is 1. The first-order valence-electron chi connectivity index (χ1n) is 9.73. The number of sulfonamides is 1. The average molecular weight is 491 g/mol. The Balaban J connectivity index is 1.93. The Kier molecular flexibility index (Phi) is 7.73. The number of nitrogens with one attached hydrogen (secondary N) is 1. The predicted molar refractivity (Wildman–Crippen MR) is 118 cm³/mol. The summed E-state index contributed by atoms with van der Waals surface area (Å²) in [6.45, 7) is -0.0676. The predicted octanol–water partition coefficient (Wildman–Crippen LogP) is 3.89. The van der Waals surface area contributed by atoms with E-state index in [0.29, 0.717) is 5.69 Å². The number of rotatable bonds is 8. The summed E-state index contributed by atoms with van der Waals surface area (Å²) < 4.78 is 41.2. The number of hydrogen-bond acceptors (Lipinski definition) is 8. The van der Waals surface area contributed by atoms with Gasteiger partial charge in [-0.2, -0.15) is 8.42 Å². The lowest BCUT2D eigenvalue weighted by molar-refractivity contribution is -0.128. The number of aromatic nitrogens is 1. The zero-order valence-corrected chi connectivity index (χ0v) is 19.5. The molecule has 0 bridgehead atoms. The third kappa shape index (κ3) is 5.28. The van der Waals surface area contributed by atoms with Crippen LogP contribution >= 0.6 is 22.9 Å². The van der Waals surface area contributed by atoms with Gasteiger partial charge in [0.05, 0.1) is 10.7 Å². The van der Waals surface area contributed by atoms with Crippen molar-refractivity contribution in [1.29, 1.82) is 0 Å². The van der Waals surface area contributed by atoms with Crippen LogP contribution in [-0.4, -0.2) is 51.0 Å². The summed E-state index contributed by atoms with van der Waals surface area (Å²) in [5.74, 6) is -1.02. The maximum absolute atomic E-state index is 15.0. The van der Waals surface area contributed by atoms with Gasteiger partial charge in [0.2, 0.25) is 5.13 Å². The molecule has 12 heteroatoms. The number of thiazole rings is 1. The van der Waals surface area contributed by atoms with E-state index in [9.17, 15) is 17.6 Å². The van der Waals surface area contributed by atoms with Crippen molar-refractivity contribution in [1.82, 2.24) is 9.88 Å². The summed E-state index contributed by atoms with van der Waals surface area (Å²) in [4.78, 5) is 20.7. The van der Waals surface area contributed by atoms with E-state index in [2.05, 4.69) is 20.0 Å². The Morgan fingerprint density at radius 1 is 1.29 bits per heavy atom. The van der Waals surface area contributed by atoms with Gasteiger partial charge < -0.3 is 15.1 Å². The summed E-state index contributed by atoms with van der Waals surface area (Å²) in [5, 5.41) is 4.71. The second-order valence-electron chi connectivity index (χ2n) is 7.43. The number of nitrogens with zero attached hydrogens (tertiary/aromatic N) is 3. The molecule has 0 spiro atoms. The third-order valence-corrected chi connectivity index (χ3v) is 7.95. The van der Waals surface area contributed by atoms with Crippen LogP contribution in [0.3, 0.4) is 0 Å². The van der Waals surface area contributed by atoms with E-state index in [4.69, 9.17) is 11.6 Å². The standard InChI is InChI=1S/C19H24ClFN4O4S2/c1-24(2)17-7-5-3-4-6-15(17)23-16-11-14(21)18(10-13(16)20)31(27,28)25(29-12-26)19-22-8-9-30-19/h8-12,15,17,23H,3-7H2,1-2H3/t15-,17-/m0/s1. The van der Waals surface area contributed by atoms with Crippen molar-refractivity contribution in [2.75, 3.05) is 23.9 Å². The molecule has 0 amide bonds. The van der Waals surface area contributed by atoms with E-state index in [1.54, 1.807) is 0 Å². The average Bonchev–Trinajstić information content (AvgIpc) is 3.13. The first kappa shape index (κ1) is 23.7. The molecule has 1 heterocycles. The minimum Gasteiger partial charge on any atom is -0.379 e. The lowest BCUT2D eigenvalue weighted by atomic mass is 10.0. The molecule has 31 heavy (non-hydrogen) atoms. The molecule has 0 saturated heterocycles. The maximum atomic E-state index is 15.0. The van der Waals surface area contributed by atoms with E-state index < -0.39 is 20.7 Å². The largest absolute Gasteiger partial charge is 0.379 e. The van der Waals surface area contributed by atoms with E-state index >= 15 is 0 Å². The first-order valence-corrected chi connectivity index (χ1v) is 12.4. The fraction of sp³-hybridized carbons (Fsp3) is 0.474. The molecule has 2 atom stereocenters. The fourth-order valence-corrected chi connectivity index (χ4v) is 6.10. The van der Waals surface area contributed by atoms with E-state index in [-0.39, 0.29) is 33.2 Å². The molecule has 1 aliphatic carbocycles. The molecule has 8 nitrogen and oxygen atoms in total. The maximum Gasteiger partial charge on any atom is 0.322 e. The van der Waals surface area contributed by atoms with Crippen molar-refractivity contribution in [2.45, 2.75) is 49.1 Å². The molecule has 170 valence electrons. The van der Waals surface area contributed by atoms with Crippen LogP contribution in [0.15, 0.2) is 28.6 Å². The van der Waals surface area contributed by atoms with Crippen LogP contribution in [0.2, 0.25) is 5.02 Å². The Bertz CT molecular complexity index is 1000. The van der Waals surface area contributed by atoms with Crippen LogP contribution in [0, 0.1) is 5.82 Å². The van der Waals surface area contributed by atoms with Crippen LogP contribution in [-0.2, 0) is 19.7 Å². The molecular weight excluding hydrogens is 467 g/mol. The van der Waals surface area contributed by atoms with E-state index in [1.807, 2.05) is 14.1 Å². The number of carbonyl (C=O) groups excluding carboxylic acids is 1. The molecule has 2 aromatic rings. The van der Waals surface area contributed by atoms with Gasteiger partial charge in [0.1, 0.15) is 10.7 Å². The minimum absolute atomic E-state index is 0.0436. The van der Waals surface area contributed by atoms with Crippen LogP contribution in [0.4, 0.5) is 15.2 Å². The smallest absolute Gasteiger partial charge is 0.322 e. The minimum atomic E-state index is -4.59. The highest BCUT2D eigenvalue weighted by atomic mass is 35.5. The van der Waals surface area contributed by atoms with Crippen LogP contribution in [0.25, 0.3) is 0 Å². The number of anilines is 2. The van der Waals surface area contributed by atoms with Crippen molar-refractivity contribution >= 4 is 50.3 Å². The third-order valence-electron chi connectivity index (χ3n) is 5.22. The van der Waals surface area contributed by atoms with E-state index in [1.165, 1.54) is 11.6 Å². The Labute approximate surface area is 190 Å². The topological polar surface area (TPSA) is 91.8 Å². The SMILES string of the molecule is CN(C)[C@H]1CCCCC[C@@H]1Nc1cc(F)c(S(=O)(=O)N(OC=O)c2nccs2)cc1Cl.